The molecule has 0 saturated carbocycles. The van der Waals surface area contributed by atoms with Crippen LogP contribution in [0.25, 0.3) is 11.4 Å². The van der Waals surface area contributed by atoms with E-state index in [2.05, 4.69) is 60.0 Å². The minimum atomic E-state index is 0.828. The van der Waals surface area contributed by atoms with E-state index in [1.807, 2.05) is 0 Å². The molecule has 5 heteroatoms. The monoisotopic (exact) mass is 353 g/mol. The zero-order chi connectivity index (χ0) is 14.7. The average molecular weight is 354 g/mol. The van der Waals surface area contributed by atoms with Crippen molar-refractivity contribution in [2.45, 2.75) is 40.5 Å². The molecule has 0 unspecified atom stereocenters. The third-order valence-electron chi connectivity index (χ3n) is 3.03. The fourth-order valence-electron chi connectivity index (χ4n) is 2.15. The summed E-state index contributed by atoms with van der Waals surface area (Å²) in [6.07, 6.45) is 2.03. The number of halogens is 1. The van der Waals surface area contributed by atoms with Crippen LogP contribution in [0.15, 0.2) is 10.5 Å². The summed E-state index contributed by atoms with van der Waals surface area (Å²) in [6, 6.07) is 2.18. The van der Waals surface area contributed by atoms with Gasteiger partial charge in [-0.3, -0.25) is 0 Å². The van der Waals surface area contributed by atoms with Gasteiger partial charge in [0.25, 0.3) is 0 Å². The molecule has 0 saturated heterocycles. The first-order valence-electron chi connectivity index (χ1n) is 6.94. The third kappa shape index (κ3) is 3.20. The van der Waals surface area contributed by atoms with Gasteiger partial charge in [0.05, 0.1) is 10.2 Å². The van der Waals surface area contributed by atoms with Crippen molar-refractivity contribution in [3.8, 4) is 11.4 Å². The van der Waals surface area contributed by atoms with Crippen molar-refractivity contribution >= 4 is 33.1 Å². The Morgan fingerprint density at radius 1 is 1.25 bits per heavy atom. The smallest absolute Gasteiger partial charge is 0.162 e. The minimum Gasteiger partial charge on any atom is -0.369 e. The van der Waals surface area contributed by atoms with Crippen molar-refractivity contribution in [1.29, 1.82) is 0 Å². The van der Waals surface area contributed by atoms with Crippen LogP contribution in [0.3, 0.4) is 0 Å². The van der Waals surface area contributed by atoms with E-state index >= 15 is 0 Å². The number of aromatic nitrogens is 2. The summed E-state index contributed by atoms with van der Waals surface area (Å²) in [6.45, 7) is 9.35. The number of aryl methyl sites for hydroxylation is 3. The van der Waals surface area contributed by atoms with E-state index in [9.17, 15) is 0 Å². The van der Waals surface area contributed by atoms with Gasteiger partial charge in [0.15, 0.2) is 5.82 Å². The molecule has 0 radical (unpaired) electrons. The maximum absolute atomic E-state index is 4.76. The number of rotatable bonds is 5. The third-order valence-corrected chi connectivity index (χ3v) is 4.83. The Kier molecular flexibility index (Phi) is 5.16. The van der Waals surface area contributed by atoms with Crippen LogP contribution in [-0.4, -0.2) is 16.5 Å². The van der Waals surface area contributed by atoms with E-state index < -0.39 is 0 Å². The lowest BCUT2D eigenvalue weighted by Gasteiger charge is -2.11. The molecule has 0 fully saturated rings. The van der Waals surface area contributed by atoms with Gasteiger partial charge in [-0.1, -0.05) is 13.3 Å². The highest BCUT2D eigenvalue weighted by atomic mass is 79.9. The van der Waals surface area contributed by atoms with Gasteiger partial charge < -0.3 is 5.32 Å². The summed E-state index contributed by atoms with van der Waals surface area (Å²) < 4.78 is 0.995. The molecule has 0 aliphatic rings. The summed E-state index contributed by atoms with van der Waals surface area (Å²) in [7, 11) is 0. The molecule has 0 aromatic carbocycles. The molecule has 2 aromatic rings. The van der Waals surface area contributed by atoms with Crippen LogP contribution in [-0.2, 0) is 6.42 Å². The Balaban J connectivity index is 2.55. The van der Waals surface area contributed by atoms with Gasteiger partial charge in [-0.05, 0) is 49.2 Å². The minimum absolute atomic E-state index is 0.828. The molecule has 0 atom stereocenters. The van der Waals surface area contributed by atoms with Crippen LogP contribution in [0.2, 0.25) is 0 Å². The highest BCUT2D eigenvalue weighted by molar-refractivity contribution is 9.10. The predicted molar refractivity (Wildman–Crippen MR) is 90.7 cm³/mol. The van der Waals surface area contributed by atoms with Gasteiger partial charge in [-0.25, -0.2) is 9.97 Å². The standard InChI is InChI=1S/C15H20BrN3S/c1-5-7-12-13(16)15(17-6-2)19-14(18-12)11-8-9(3)20-10(11)4/h8H,5-7H2,1-4H3,(H,17,18,19). The van der Waals surface area contributed by atoms with Crippen molar-refractivity contribution in [2.75, 3.05) is 11.9 Å². The van der Waals surface area contributed by atoms with Gasteiger partial charge in [-0.15, -0.1) is 11.3 Å². The van der Waals surface area contributed by atoms with Gasteiger partial charge >= 0.3 is 0 Å². The van der Waals surface area contributed by atoms with E-state index in [1.54, 1.807) is 11.3 Å². The molecule has 1 N–H and O–H groups in total. The van der Waals surface area contributed by atoms with Gasteiger partial charge in [0.2, 0.25) is 0 Å². The van der Waals surface area contributed by atoms with E-state index in [-0.39, 0.29) is 0 Å². The Morgan fingerprint density at radius 2 is 2.00 bits per heavy atom. The molecule has 2 rings (SSSR count). The first-order chi connectivity index (χ1) is 9.56. The molecule has 108 valence electrons. The van der Waals surface area contributed by atoms with Crippen molar-refractivity contribution in [1.82, 2.24) is 9.97 Å². The predicted octanol–water partition coefficient (Wildman–Crippen LogP) is 4.97. The number of anilines is 1. The normalized spacial score (nSPS) is 10.8. The van der Waals surface area contributed by atoms with Crippen LogP contribution in [0.5, 0.6) is 0 Å². The summed E-state index contributed by atoms with van der Waals surface area (Å²) in [4.78, 5) is 12.0. The highest BCUT2D eigenvalue weighted by Crippen LogP contribution is 2.32. The second-order valence-corrected chi connectivity index (χ2v) is 7.02. The molecule has 0 spiro atoms. The lowest BCUT2D eigenvalue weighted by atomic mass is 10.2. The summed E-state index contributed by atoms with van der Waals surface area (Å²) in [5, 5.41) is 3.32. The van der Waals surface area contributed by atoms with Crippen molar-refractivity contribution in [3.05, 3.63) is 26.0 Å². The van der Waals surface area contributed by atoms with E-state index in [0.29, 0.717) is 0 Å². The molecule has 3 nitrogen and oxygen atoms in total. The Morgan fingerprint density at radius 3 is 2.55 bits per heavy atom. The van der Waals surface area contributed by atoms with Crippen molar-refractivity contribution < 1.29 is 0 Å². The van der Waals surface area contributed by atoms with Gasteiger partial charge in [0, 0.05) is 21.9 Å². The fraction of sp³-hybridized carbons (Fsp3) is 0.467. The first kappa shape index (κ1) is 15.4. The molecule has 0 aliphatic heterocycles. The topological polar surface area (TPSA) is 37.8 Å². The first-order valence-corrected chi connectivity index (χ1v) is 8.55. The summed E-state index contributed by atoms with van der Waals surface area (Å²) in [5.41, 5.74) is 2.23. The Labute approximate surface area is 133 Å². The quantitative estimate of drug-likeness (QED) is 0.824. The van der Waals surface area contributed by atoms with Crippen LogP contribution in [0, 0.1) is 13.8 Å². The van der Waals surface area contributed by atoms with Crippen LogP contribution in [0.1, 0.15) is 35.7 Å². The van der Waals surface area contributed by atoms with Crippen LogP contribution < -0.4 is 5.32 Å². The molecule has 0 amide bonds. The Bertz CT molecular complexity index is 580. The molecular formula is C15H20BrN3S. The number of nitrogens with one attached hydrogen (secondary N) is 1. The molecular weight excluding hydrogens is 334 g/mol. The number of nitrogens with zero attached hydrogens (tertiary/aromatic N) is 2. The second kappa shape index (κ2) is 6.68. The van der Waals surface area contributed by atoms with Crippen LogP contribution >= 0.6 is 27.3 Å². The van der Waals surface area contributed by atoms with Gasteiger partial charge in [-0.2, -0.15) is 0 Å². The largest absolute Gasteiger partial charge is 0.369 e. The van der Waals surface area contributed by atoms with E-state index in [4.69, 9.17) is 4.98 Å². The summed E-state index contributed by atoms with van der Waals surface area (Å²) in [5.74, 6) is 1.72. The molecule has 2 heterocycles. The van der Waals surface area contributed by atoms with Crippen molar-refractivity contribution in [3.63, 3.8) is 0 Å². The van der Waals surface area contributed by atoms with Crippen LogP contribution in [0.4, 0.5) is 5.82 Å². The maximum Gasteiger partial charge on any atom is 0.162 e. The molecule has 2 aromatic heterocycles. The van der Waals surface area contributed by atoms with Crippen molar-refractivity contribution in [2.24, 2.45) is 0 Å². The Hall–Kier alpha value is -0.940. The highest BCUT2D eigenvalue weighted by Gasteiger charge is 2.15. The van der Waals surface area contributed by atoms with E-state index in [0.717, 1.165) is 46.8 Å². The fourth-order valence-corrected chi connectivity index (χ4v) is 3.59. The maximum atomic E-state index is 4.76. The number of hydrogen-bond donors (Lipinski definition) is 1. The van der Waals surface area contributed by atoms with E-state index in [1.165, 1.54) is 9.75 Å². The number of hydrogen-bond acceptors (Lipinski definition) is 4. The van der Waals surface area contributed by atoms with Gasteiger partial charge in [0.1, 0.15) is 5.82 Å². The molecule has 0 aliphatic carbocycles. The molecule has 20 heavy (non-hydrogen) atoms. The SMILES string of the molecule is CCCc1nc(-c2cc(C)sc2C)nc(NCC)c1Br. The average Bonchev–Trinajstić information content (AvgIpc) is 2.74. The molecule has 0 bridgehead atoms. The lowest BCUT2D eigenvalue weighted by Crippen LogP contribution is -2.06. The second-order valence-electron chi connectivity index (χ2n) is 4.76. The zero-order valence-corrected chi connectivity index (χ0v) is 14.8. The number of thiophene rings is 1. The lowest BCUT2D eigenvalue weighted by molar-refractivity contribution is 0.867. The summed E-state index contributed by atoms with van der Waals surface area (Å²) >= 11 is 5.42. The zero-order valence-electron chi connectivity index (χ0n) is 12.4.